The van der Waals surface area contributed by atoms with Crippen LogP contribution in [-0.4, -0.2) is 43.9 Å². The van der Waals surface area contributed by atoms with Gasteiger partial charge in [-0.25, -0.2) is 0 Å². The van der Waals surface area contributed by atoms with E-state index in [0.717, 1.165) is 36.2 Å². The third kappa shape index (κ3) is 4.20. The second-order valence-corrected chi connectivity index (χ2v) is 8.08. The highest BCUT2D eigenvalue weighted by molar-refractivity contribution is 5.47. The van der Waals surface area contributed by atoms with E-state index < -0.39 is 5.60 Å². The maximum absolute atomic E-state index is 6.95. The second-order valence-electron chi connectivity index (χ2n) is 8.08. The maximum Gasteiger partial charge on any atom is 0.143 e. The fraction of sp³-hybridized carbons (Fsp3) is 0.333. The molecule has 0 bridgehead atoms. The Morgan fingerprint density at radius 3 is 1.70 bits per heavy atom. The van der Waals surface area contributed by atoms with Crippen LogP contribution in [0.1, 0.15) is 30.0 Å². The van der Waals surface area contributed by atoms with Crippen molar-refractivity contribution in [2.24, 2.45) is 0 Å². The molecule has 30 heavy (non-hydrogen) atoms. The van der Waals surface area contributed by atoms with Crippen LogP contribution in [-0.2, 0) is 15.1 Å². The lowest BCUT2D eigenvalue weighted by Gasteiger charge is -2.38. The molecule has 2 atom stereocenters. The largest absolute Gasteiger partial charge is 0.380 e. The van der Waals surface area contributed by atoms with E-state index in [4.69, 9.17) is 9.47 Å². The Balaban J connectivity index is 1.72. The molecule has 0 spiro atoms. The van der Waals surface area contributed by atoms with Gasteiger partial charge in [0, 0.05) is 26.2 Å². The molecule has 1 fully saturated rings. The fourth-order valence-electron chi connectivity index (χ4n) is 4.47. The van der Waals surface area contributed by atoms with Crippen molar-refractivity contribution in [2.75, 3.05) is 26.8 Å². The number of hydrogen-bond acceptors (Lipinski definition) is 3. The van der Waals surface area contributed by atoms with Crippen LogP contribution >= 0.6 is 0 Å². The molecule has 4 rings (SSSR count). The van der Waals surface area contributed by atoms with Gasteiger partial charge in [-0.3, -0.25) is 4.90 Å². The summed E-state index contributed by atoms with van der Waals surface area (Å²) in [5, 5.41) is 0. The zero-order valence-corrected chi connectivity index (χ0v) is 17.9. The Labute approximate surface area is 180 Å². The van der Waals surface area contributed by atoms with Crippen LogP contribution < -0.4 is 0 Å². The lowest BCUT2D eigenvalue weighted by molar-refractivity contribution is -0.0182. The van der Waals surface area contributed by atoms with Gasteiger partial charge in [0.1, 0.15) is 5.60 Å². The normalized spacial score (nSPS) is 18.4. The summed E-state index contributed by atoms with van der Waals surface area (Å²) >= 11 is 0. The average molecular weight is 402 g/mol. The summed E-state index contributed by atoms with van der Waals surface area (Å²) in [5.74, 6) is 0. The summed E-state index contributed by atoms with van der Waals surface area (Å²) in [7, 11) is 1.81. The highest BCUT2D eigenvalue weighted by Crippen LogP contribution is 2.40. The summed E-state index contributed by atoms with van der Waals surface area (Å²) < 4.78 is 12.5. The smallest absolute Gasteiger partial charge is 0.143 e. The molecule has 1 saturated heterocycles. The monoisotopic (exact) mass is 401 g/mol. The molecule has 3 heteroatoms. The van der Waals surface area contributed by atoms with Crippen molar-refractivity contribution in [1.82, 2.24) is 4.90 Å². The molecule has 1 heterocycles. The molecular formula is C27H31NO2. The number of ether oxygens (including phenoxy) is 2. The zero-order chi connectivity index (χ0) is 20.8. The van der Waals surface area contributed by atoms with E-state index >= 15 is 0 Å². The van der Waals surface area contributed by atoms with Crippen molar-refractivity contribution < 1.29 is 9.47 Å². The Kier molecular flexibility index (Phi) is 6.63. The molecule has 3 aromatic rings. The van der Waals surface area contributed by atoms with E-state index in [1.165, 1.54) is 0 Å². The van der Waals surface area contributed by atoms with Crippen molar-refractivity contribution in [3.05, 3.63) is 108 Å². The van der Waals surface area contributed by atoms with Crippen LogP contribution in [0.3, 0.4) is 0 Å². The average Bonchev–Trinajstić information content (AvgIpc) is 3.31. The fourth-order valence-corrected chi connectivity index (χ4v) is 4.47. The summed E-state index contributed by atoms with van der Waals surface area (Å²) in [6.45, 7) is 4.91. The predicted molar refractivity (Wildman–Crippen MR) is 122 cm³/mol. The van der Waals surface area contributed by atoms with Gasteiger partial charge < -0.3 is 9.47 Å². The summed E-state index contributed by atoms with van der Waals surface area (Å²) in [6, 6.07) is 32.0. The molecular weight excluding hydrogens is 370 g/mol. The Morgan fingerprint density at radius 2 is 1.30 bits per heavy atom. The molecule has 156 valence electrons. The van der Waals surface area contributed by atoms with E-state index in [1.807, 2.05) is 0 Å². The van der Waals surface area contributed by atoms with Crippen molar-refractivity contribution in [3.63, 3.8) is 0 Å². The van der Waals surface area contributed by atoms with Gasteiger partial charge >= 0.3 is 0 Å². The summed E-state index contributed by atoms with van der Waals surface area (Å²) in [5.41, 5.74) is 2.78. The third-order valence-corrected chi connectivity index (χ3v) is 6.22. The first-order chi connectivity index (χ1) is 14.7. The Bertz CT molecular complexity index is 801. The van der Waals surface area contributed by atoms with Crippen molar-refractivity contribution in [1.29, 1.82) is 0 Å². The highest BCUT2D eigenvalue weighted by Gasteiger charge is 2.38. The van der Waals surface area contributed by atoms with Crippen molar-refractivity contribution >= 4 is 0 Å². The van der Waals surface area contributed by atoms with Crippen LogP contribution in [0.25, 0.3) is 0 Å². The van der Waals surface area contributed by atoms with Gasteiger partial charge in [0.15, 0.2) is 0 Å². The van der Waals surface area contributed by atoms with E-state index in [9.17, 15) is 0 Å². The highest BCUT2D eigenvalue weighted by atomic mass is 16.5. The molecule has 3 aromatic carbocycles. The van der Waals surface area contributed by atoms with Crippen LogP contribution in [0.2, 0.25) is 0 Å². The number of hydrogen-bond donors (Lipinski definition) is 0. The minimum atomic E-state index is -0.654. The molecule has 1 aliphatic rings. The van der Waals surface area contributed by atoms with Crippen molar-refractivity contribution in [3.8, 4) is 0 Å². The zero-order valence-electron chi connectivity index (χ0n) is 17.9. The van der Waals surface area contributed by atoms with Gasteiger partial charge in [0.25, 0.3) is 0 Å². The molecule has 0 radical (unpaired) electrons. The quantitative estimate of drug-likeness (QED) is 0.490. The first-order valence-electron chi connectivity index (χ1n) is 10.8. The standard InChI is InChI=1S/C27H31NO2/c1-22(28-19-18-26(20-28)29-2)21-30-27(23-12-6-3-7-13-23,24-14-8-4-9-15-24)25-16-10-5-11-17-25/h3-17,22,26H,18-21H2,1-2H3/t22-,26+/m0/s1. The number of methoxy groups -OCH3 is 1. The van der Waals surface area contributed by atoms with E-state index in [1.54, 1.807) is 7.11 Å². The Morgan fingerprint density at radius 1 is 0.833 bits per heavy atom. The molecule has 0 amide bonds. The molecule has 0 saturated carbocycles. The molecule has 0 N–H and O–H groups in total. The predicted octanol–water partition coefficient (Wildman–Crippen LogP) is 5.10. The molecule has 1 aliphatic heterocycles. The van der Waals surface area contributed by atoms with Crippen molar-refractivity contribution in [2.45, 2.75) is 31.1 Å². The minimum absolute atomic E-state index is 0.306. The molecule has 0 aromatic heterocycles. The SMILES string of the molecule is CO[C@@H]1CCN([C@@H](C)COC(c2ccccc2)(c2ccccc2)c2ccccc2)C1. The molecule has 0 aliphatic carbocycles. The van der Waals surface area contributed by atoms with Gasteiger partial charge in [-0.2, -0.15) is 0 Å². The van der Waals surface area contributed by atoms with Crippen LogP contribution in [0, 0.1) is 0 Å². The lowest BCUT2D eigenvalue weighted by atomic mass is 9.80. The Hall–Kier alpha value is -2.46. The summed E-state index contributed by atoms with van der Waals surface area (Å²) in [6.07, 6.45) is 1.41. The minimum Gasteiger partial charge on any atom is -0.380 e. The van der Waals surface area contributed by atoms with E-state index in [-0.39, 0.29) is 0 Å². The molecule has 0 unspecified atom stereocenters. The first kappa shape index (κ1) is 20.8. The van der Waals surface area contributed by atoms with E-state index in [2.05, 4.69) is 103 Å². The van der Waals surface area contributed by atoms with Gasteiger partial charge in [-0.05, 0) is 30.0 Å². The maximum atomic E-state index is 6.95. The van der Waals surface area contributed by atoms with Crippen LogP contribution in [0.15, 0.2) is 91.0 Å². The number of rotatable bonds is 8. The van der Waals surface area contributed by atoms with Gasteiger partial charge in [0.05, 0.1) is 12.7 Å². The van der Waals surface area contributed by atoms with Crippen LogP contribution in [0.4, 0.5) is 0 Å². The van der Waals surface area contributed by atoms with Gasteiger partial charge in [-0.15, -0.1) is 0 Å². The topological polar surface area (TPSA) is 21.7 Å². The third-order valence-electron chi connectivity index (χ3n) is 6.22. The van der Waals surface area contributed by atoms with E-state index in [0.29, 0.717) is 18.8 Å². The first-order valence-corrected chi connectivity index (χ1v) is 10.8. The summed E-state index contributed by atoms with van der Waals surface area (Å²) in [4.78, 5) is 2.47. The lowest BCUT2D eigenvalue weighted by Crippen LogP contribution is -2.40. The van der Waals surface area contributed by atoms with Gasteiger partial charge in [-0.1, -0.05) is 91.0 Å². The molecule has 3 nitrogen and oxygen atoms in total. The second kappa shape index (κ2) is 9.57. The van der Waals surface area contributed by atoms with Gasteiger partial charge in [0.2, 0.25) is 0 Å². The number of benzene rings is 3. The number of likely N-dealkylation sites (tertiary alicyclic amines) is 1. The van der Waals surface area contributed by atoms with Crippen LogP contribution in [0.5, 0.6) is 0 Å². The number of nitrogens with zero attached hydrogens (tertiary/aromatic N) is 1.